The first-order chi connectivity index (χ1) is 10.8. The molecule has 0 radical (unpaired) electrons. The van der Waals surface area contributed by atoms with E-state index < -0.39 is 18.1 Å². The molecule has 2 aromatic rings. The van der Waals surface area contributed by atoms with Crippen molar-refractivity contribution in [3.8, 4) is 0 Å². The van der Waals surface area contributed by atoms with Crippen LogP contribution in [0, 0.1) is 10.1 Å². The molecule has 0 aliphatic carbocycles. The smallest absolute Gasteiger partial charge is 0.321 e. The monoisotopic (exact) mass is 360 g/mol. The largest absolute Gasteiger partial charge is 0.366 e. The number of H-pyrrole nitrogens is 1. The number of halogens is 1. The number of hydrogen-bond acceptors (Lipinski definition) is 6. The number of pyridine rings is 1. The van der Waals surface area contributed by atoms with Crippen LogP contribution in [0.2, 0.25) is 5.02 Å². The van der Waals surface area contributed by atoms with Crippen molar-refractivity contribution in [1.29, 1.82) is 0 Å². The average molecular weight is 361 g/mol. The third-order valence-corrected chi connectivity index (χ3v) is 5.40. The molecule has 1 N–H and O–H groups in total. The third kappa shape index (κ3) is 3.45. The molecule has 10 heteroatoms. The molecule has 0 unspecified atom stereocenters. The summed E-state index contributed by atoms with van der Waals surface area (Å²) in [4.78, 5) is 25.0. The van der Waals surface area contributed by atoms with Gasteiger partial charge in [0.1, 0.15) is 10.3 Å². The predicted octanol–water partition coefficient (Wildman–Crippen LogP) is 2.98. The molecule has 23 heavy (non-hydrogen) atoms. The molecule has 0 atom stereocenters. The van der Waals surface area contributed by atoms with Crippen LogP contribution in [0.25, 0.3) is 10.9 Å². The van der Waals surface area contributed by atoms with Crippen LogP contribution < -0.4 is 10.9 Å². The zero-order valence-corrected chi connectivity index (χ0v) is 14.0. The number of aromatic nitrogens is 1. The van der Waals surface area contributed by atoms with Crippen LogP contribution in [0.5, 0.6) is 0 Å². The summed E-state index contributed by atoms with van der Waals surface area (Å²) in [7, 11) is -3.81. The SMILES string of the molecule is CCOP(=O)(OCC)c1cc2cc([N+](=O)[O-])c(Cl)cc2[nH]c1=O. The number of aromatic amines is 1. The van der Waals surface area contributed by atoms with Crippen LogP contribution in [0.4, 0.5) is 5.69 Å². The number of nitro groups is 1. The number of nitrogens with one attached hydrogen (secondary N) is 1. The molecule has 0 amide bonds. The molecule has 0 saturated carbocycles. The Morgan fingerprint density at radius 1 is 1.26 bits per heavy atom. The van der Waals surface area contributed by atoms with Crippen molar-refractivity contribution in [2.75, 3.05) is 13.2 Å². The van der Waals surface area contributed by atoms with E-state index in [2.05, 4.69) is 4.98 Å². The fourth-order valence-electron chi connectivity index (χ4n) is 2.06. The molecule has 0 aliphatic heterocycles. The Hall–Kier alpha value is -1.73. The lowest BCUT2D eigenvalue weighted by Crippen LogP contribution is -2.29. The Bertz CT molecular complexity index is 855. The average Bonchev–Trinajstić information content (AvgIpc) is 2.46. The summed E-state index contributed by atoms with van der Waals surface area (Å²) in [5, 5.41) is 11.0. The lowest BCUT2D eigenvalue weighted by atomic mass is 10.2. The number of nitrogens with zero attached hydrogens (tertiary/aromatic N) is 1. The Morgan fingerprint density at radius 2 is 1.87 bits per heavy atom. The summed E-state index contributed by atoms with van der Waals surface area (Å²) in [6.45, 7) is 3.39. The highest BCUT2D eigenvalue weighted by molar-refractivity contribution is 7.62. The van der Waals surface area contributed by atoms with E-state index in [1.807, 2.05) is 0 Å². The maximum absolute atomic E-state index is 12.7. The van der Waals surface area contributed by atoms with Gasteiger partial charge in [0.25, 0.3) is 11.2 Å². The first-order valence-corrected chi connectivity index (χ1v) is 8.65. The van der Waals surface area contributed by atoms with Crippen molar-refractivity contribution in [3.63, 3.8) is 0 Å². The fourth-order valence-corrected chi connectivity index (χ4v) is 3.93. The minimum Gasteiger partial charge on any atom is -0.321 e. The maximum Gasteiger partial charge on any atom is 0.366 e. The first kappa shape index (κ1) is 17.6. The number of fused-ring (bicyclic) bond motifs is 1. The molecule has 2 rings (SSSR count). The quantitative estimate of drug-likeness (QED) is 0.481. The summed E-state index contributed by atoms with van der Waals surface area (Å²) in [6.07, 6.45) is 0. The summed E-state index contributed by atoms with van der Waals surface area (Å²) < 4.78 is 23.0. The van der Waals surface area contributed by atoms with Gasteiger partial charge in [-0.15, -0.1) is 0 Å². The standard InChI is InChI=1S/C13H14ClN2O6P/c1-3-21-23(20,22-4-2)12-6-8-5-11(16(18)19)9(14)7-10(8)15-13(12)17/h5-7H,3-4H2,1-2H3,(H,15,17). The molecule has 0 bridgehead atoms. The highest BCUT2D eigenvalue weighted by atomic mass is 35.5. The van der Waals surface area contributed by atoms with Crippen molar-refractivity contribution in [2.24, 2.45) is 0 Å². The highest BCUT2D eigenvalue weighted by Gasteiger charge is 2.30. The van der Waals surface area contributed by atoms with Gasteiger partial charge in [-0.2, -0.15) is 0 Å². The van der Waals surface area contributed by atoms with E-state index in [1.165, 1.54) is 18.2 Å². The van der Waals surface area contributed by atoms with Crippen LogP contribution in [-0.2, 0) is 13.6 Å². The summed E-state index contributed by atoms with van der Waals surface area (Å²) >= 11 is 5.81. The topological polar surface area (TPSA) is 112 Å². The number of rotatable bonds is 6. The van der Waals surface area contributed by atoms with E-state index in [0.29, 0.717) is 5.39 Å². The van der Waals surface area contributed by atoms with Crippen LogP contribution in [0.3, 0.4) is 0 Å². The van der Waals surface area contributed by atoms with Gasteiger partial charge in [0.05, 0.1) is 23.7 Å². The Balaban J connectivity index is 2.73. The second-order valence-corrected chi connectivity index (χ2v) is 6.87. The van der Waals surface area contributed by atoms with Crippen LogP contribution in [-0.4, -0.2) is 23.1 Å². The van der Waals surface area contributed by atoms with Crippen molar-refractivity contribution < 1.29 is 18.5 Å². The zero-order chi connectivity index (χ0) is 17.2. The summed E-state index contributed by atoms with van der Waals surface area (Å²) in [5.41, 5.74) is -0.693. The van der Waals surface area contributed by atoms with Gasteiger partial charge in [0.15, 0.2) is 0 Å². The van der Waals surface area contributed by atoms with E-state index in [4.69, 9.17) is 20.6 Å². The Labute approximate surface area is 136 Å². The lowest BCUT2D eigenvalue weighted by Gasteiger charge is -2.16. The highest BCUT2D eigenvalue weighted by Crippen LogP contribution is 2.46. The van der Waals surface area contributed by atoms with Crippen molar-refractivity contribution in [3.05, 3.63) is 43.7 Å². The van der Waals surface area contributed by atoms with Gasteiger partial charge in [-0.3, -0.25) is 19.5 Å². The van der Waals surface area contributed by atoms with Gasteiger partial charge in [0, 0.05) is 11.5 Å². The fraction of sp³-hybridized carbons (Fsp3) is 0.308. The number of hydrogen-bond donors (Lipinski definition) is 1. The molecule has 124 valence electrons. The molecule has 0 fully saturated rings. The number of benzene rings is 1. The molecule has 1 aromatic heterocycles. The lowest BCUT2D eigenvalue weighted by molar-refractivity contribution is -0.384. The van der Waals surface area contributed by atoms with E-state index >= 15 is 0 Å². The van der Waals surface area contributed by atoms with Crippen molar-refractivity contribution in [1.82, 2.24) is 4.98 Å². The van der Waals surface area contributed by atoms with Crippen LogP contribution >= 0.6 is 19.2 Å². The van der Waals surface area contributed by atoms with E-state index in [1.54, 1.807) is 13.8 Å². The second kappa shape index (κ2) is 6.80. The summed E-state index contributed by atoms with van der Waals surface area (Å²) in [5.74, 6) is 0. The maximum atomic E-state index is 12.7. The molecule has 0 saturated heterocycles. The second-order valence-electron chi connectivity index (χ2n) is 4.46. The van der Waals surface area contributed by atoms with Gasteiger partial charge in [0.2, 0.25) is 0 Å². The van der Waals surface area contributed by atoms with Crippen molar-refractivity contribution in [2.45, 2.75) is 13.8 Å². The van der Waals surface area contributed by atoms with Crippen molar-refractivity contribution >= 4 is 41.1 Å². The van der Waals surface area contributed by atoms with Gasteiger partial charge < -0.3 is 14.0 Å². The van der Waals surface area contributed by atoms with Gasteiger partial charge in [-0.25, -0.2) is 0 Å². The Morgan fingerprint density at radius 3 is 2.39 bits per heavy atom. The molecule has 0 aliphatic rings. The van der Waals surface area contributed by atoms with E-state index in [-0.39, 0.29) is 34.7 Å². The minimum atomic E-state index is -3.81. The molecule has 0 spiro atoms. The first-order valence-electron chi connectivity index (χ1n) is 6.73. The zero-order valence-electron chi connectivity index (χ0n) is 12.4. The van der Waals surface area contributed by atoms with Crippen LogP contribution in [0.15, 0.2) is 23.0 Å². The summed E-state index contributed by atoms with van der Waals surface area (Å²) in [6, 6.07) is 3.73. The van der Waals surface area contributed by atoms with Gasteiger partial charge >= 0.3 is 7.60 Å². The van der Waals surface area contributed by atoms with E-state index in [9.17, 15) is 19.5 Å². The molecule has 1 heterocycles. The molecule has 8 nitrogen and oxygen atoms in total. The minimum absolute atomic E-state index is 0.0789. The normalized spacial score (nSPS) is 11.8. The van der Waals surface area contributed by atoms with Crippen LogP contribution in [0.1, 0.15) is 13.8 Å². The third-order valence-electron chi connectivity index (χ3n) is 2.98. The molecule has 1 aromatic carbocycles. The Kier molecular flexibility index (Phi) is 5.21. The molecular formula is C13H14ClN2O6P. The van der Waals surface area contributed by atoms with Gasteiger partial charge in [-0.1, -0.05) is 11.6 Å². The van der Waals surface area contributed by atoms with Gasteiger partial charge in [-0.05, 0) is 26.0 Å². The predicted molar refractivity (Wildman–Crippen MR) is 86.7 cm³/mol. The molecular weight excluding hydrogens is 347 g/mol. The number of nitro benzene ring substituents is 1. The van der Waals surface area contributed by atoms with E-state index in [0.717, 1.165) is 0 Å².